The smallest absolute Gasteiger partial charge is 0.478 e. The molecule has 0 saturated carbocycles. The van der Waals surface area contributed by atoms with Gasteiger partial charge in [-0.05, 0) is 42.3 Å². The van der Waals surface area contributed by atoms with Crippen LogP contribution in [0.25, 0.3) is 5.57 Å². The van der Waals surface area contributed by atoms with Gasteiger partial charge in [0.15, 0.2) is 0 Å². The Hall–Kier alpha value is -3.44. The number of alkyl halides is 2. The molecule has 0 radical (unpaired) electrons. The molecule has 5 nitrogen and oxygen atoms in total. The summed E-state index contributed by atoms with van der Waals surface area (Å²) in [5.41, 5.74) is -3.77. The van der Waals surface area contributed by atoms with E-state index in [1.807, 2.05) is 0 Å². The number of hydrogen-bond acceptors (Lipinski definition) is 4. The van der Waals surface area contributed by atoms with E-state index in [1.165, 1.54) is 36.4 Å². The molecule has 0 fully saturated rings. The molecule has 3 aromatic carbocycles. The van der Waals surface area contributed by atoms with Gasteiger partial charge in [-0.3, -0.25) is 0 Å². The highest BCUT2D eigenvalue weighted by molar-refractivity contribution is 7.55. The molecule has 0 heterocycles. The van der Waals surface area contributed by atoms with Crippen LogP contribution >= 0.6 is 7.60 Å². The van der Waals surface area contributed by atoms with E-state index in [2.05, 4.69) is 0 Å². The second-order valence-corrected chi connectivity index (χ2v) is 8.51. The fourth-order valence-electron chi connectivity index (χ4n) is 2.73. The predicted molar refractivity (Wildman–Crippen MR) is 113 cm³/mol. The van der Waals surface area contributed by atoms with Gasteiger partial charge in [-0.15, -0.1) is 0 Å². The number of para-hydroxylation sites is 2. The van der Waals surface area contributed by atoms with E-state index in [0.717, 1.165) is 18.2 Å². The largest absolute Gasteiger partial charge is 0.504 e. The quantitative estimate of drug-likeness (QED) is 0.314. The Bertz CT molecular complexity index is 1070. The van der Waals surface area contributed by atoms with Crippen molar-refractivity contribution in [3.8, 4) is 11.5 Å². The van der Waals surface area contributed by atoms with E-state index in [-0.39, 0.29) is 11.5 Å². The van der Waals surface area contributed by atoms with Gasteiger partial charge in [0.05, 0.1) is 0 Å². The summed E-state index contributed by atoms with van der Waals surface area (Å²) in [6.07, 6.45) is 0.967. The van der Waals surface area contributed by atoms with Crippen molar-refractivity contribution in [2.75, 3.05) is 0 Å². The molecule has 3 rings (SSSR count). The van der Waals surface area contributed by atoms with Crippen LogP contribution in [0.15, 0.2) is 91.0 Å². The summed E-state index contributed by atoms with van der Waals surface area (Å²) in [5.74, 6) is -1.21. The summed E-state index contributed by atoms with van der Waals surface area (Å²) in [6.45, 7) is 1.54. The number of benzene rings is 3. The van der Waals surface area contributed by atoms with Gasteiger partial charge in [0.25, 0.3) is 0 Å². The Morgan fingerprint density at radius 3 is 1.74 bits per heavy atom. The lowest BCUT2D eigenvalue weighted by Crippen LogP contribution is -2.21. The van der Waals surface area contributed by atoms with E-state index >= 15 is 8.78 Å². The molecule has 0 spiro atoms. The van der Waals surface area contributed by atoms with Gasteiger partial charge in [0.1, 0.15) is 11.5 Å². The molecule has 0 bridgehead atoms. The minimum Gasteiger partial charge on any atom is -0.478 e. The van der Waals surface area contributed by atoms with Gasteiger partial charge in [-0.1, -0.05) is 60.7 Å². The highest BCUT2D eigenvalue weighted by atomic mass is 31.2. The Labute approximate surface area is 178 Å². The zero-order valence-electron chi connectivity index (χ0n) is 16.4. The van der Waals surface area contributed by atoms with Gasteiger partial charge in [-0.2, -0.15) is 8.78 Å². The van der Waals surface area contributed by atoms with E-state index in [9.17, 15) is 9.36 Å². The Morgan fingerprint density at radius 2 is 1.32 bits per heavy atom. The van der Waals surface area contributed by atoms with Crippen molar-refractivity contribution in [2.45, 2.75) is 12.6 Å². The summed E-state index contributed by atoms with van der Waals surface area (Å²) >= 11 is 0. The van der Waals surface area contributed by atoms with Crippen LogP contribution in [-0.2, 0) is 15.0 Å². The number of carboxylic acid groups (broad SMARTS) is 1. The van der Waals surface area contributed by atoms with Gasteiger partial charge in [-0.25, -0.2) is 9.36 Å². The van der Waals surface area contributed by atoms with Crippen LogP contribution in [0.2, 0.25) is 0 Å². The van der Waals surface area contributed by atoms with Crippen LogP contribution in [0, 0.1) is 0 Å². The second-order valence-electron chi connectivity index (χ2n) is 6.59. The maximum absolute atomic E-state index is 15.5. The minimum atomic E-state index is -5.09. The lowest BCUT2D eigenvalue weighted by Gasteiger charge is -2.27. The number of aliphatic carboxylic acids is 1. The maximum atomic E-state index is 15.5. The van der Waals surface area contributed by atoms with Crippen LogP contribution in [0.3, 0.4) is 0 Å². The fraction of sp³-hybridized carbons (Fsp3) is 0.0870. The number of allylic oxidation sites excluding steroid dienone is 1. The number of rotatable bonds is 8. The second kappa shape index (κ2) is 9.14. The minimum absolute atomic E-state index is 0.0294. The van der Waals surface area contributed by atoms with E-state index in [4.69, 9.17) is 14.2 Å². The van der Waals surface area contributed by atoms with Crippen molar-refractivity contribution in [1.29, 1.82) is 0 Å². The third-order valence-corrected chi connectivity index (χ3v) is 6.16. The molecule has 0 aliphatic carbocycles. The monoisotopic (exact) mass is 444 g/mol. The summed E-state index contributed by atoms with van der Waals surface area (Å²) < 4.78 is 54.9. The zero-order valence-corrected chi connectivity index (χ0v) is 17.3. The lowest BCUT2D eigenvalue weighted by atomic mass is 10.1. The molecule has 3 aromatic rings. The summed E-state index contributed by atoms with van der Waals surface area (Å²) in [6, 6.07) is 20.0. The van der Waals surface area contributed by atoms with Crippen molar-refractivity contribution in [2.24, 2.45) is 0 Å². The first kappa shape index (κ1) is 22.2. The van der Waals surface area contributed by atoms with E-state index in [1.54, 1.807) is 43.3 Å². The number of carbonyl (C=O) groups is 1. The van der Waals surface area contributed by atoms with Crippen molar-refractivity contribution in [1.82, 2.24) is 0 Å². The molecule has 0 amide bonds. The molecule has 0 aliphatic rings. The molecular formula is C23H19F2O5P. The number of carboxylic acids is 1. The lowest BCUT2D eigenvalue weighted by molar-refractivity contribution is -0.131. The fourth-order valence-corrected chi connectivity index (χ4v) is 4.26. The van der Waals surface area contributed by atoms with Crippen molar-refractivity contribution < 1.29 is 32.3 Å². The molecule has 31 heavy (non-hydrogen) atoms. The predicted octanol–water partition coefficient (Wildman–Crippen LogP) is 6.57. The topological polar surface area (TPSA) is 72.8 Å². The van der Waals surface area contributed by atoms with E-state index < -0.39 is 24.8 Å². The molecule has 0 unspecified atom stereocenters. The van der Waals surface area contributed by atoms with Crippen molar-refractivity contribution in [3.05, 3.63) is 102 Å². The van der Waals surface area contributed by atoms with Crippen molar-refractivity contribution >= 4 is 19.1 Å². The standard InChI is InChI=1S/C23H19F2O5P/c1-17(16-22(26)27)18-12-14-19(15-13-18)23(24,25)31(28,29-20-8-4-2-5-9-20)30-21-10-6-3-7-11-21/h2-16H,1H3,(H,26,27)/b17-16+. The van der Waals surface area contributed by atoms with Crippen molar-refractivity contribution in [3.63, 3.8) is 0 Å². The van der Waals surface area contributed by atoms with Gasteiger partial charge >= 0.3 is 19.2 Å². The molecule has 160 valence electrons. The number of halogens is 2. The molecular weight excluding hydrogens is 425 g/mol. The van der Waals surface area contributed by atoms with Crippen LogP contribution in [0.5, 0.6) is 11.5 Å². The molecule has 0 aromatic heterocycles. The molecule has 8 heteroatoms. The molecule has 0 aliphatic heterocycles. The maximum Gasteiger partial charge on any atom is 0.504 e. The van der Waals surface area contributed by atoms with Gasteiger partial charge in [0.2, 0.25) is 0 Å². The third-order valence-electron chi connectivity index (χ3n) is 4.31. The average molecular weight is 444 g/mol. The molecule has 0 saturated heterocycles. The summed E-state index contributed by atoms with van der Waals surface area (Å²) in [7, 11) is -5.09. The Kier molecular flexibility index (Phi) is 6.56. The Morgan fingerprint density at radius 1 is 0.871 bits per heavy atom. The zero-order chi connectivity index (χ0) is 22.5. The van der Waals surface area contributed by atoms with Gasteiger partial charge in [0, 0.05) is 11.6 Å². The molecule has 1 N–H and O–H groups in total. The third kappa shape index (κ3) is 5.19. The summed E-state index contributed by atoms with van der Waals surface area (Å²) in [4.78, 5) is 10.8. The average Bonchev–Trinajstić information content (AvgIpc) is 2.74. The normalized spacial score (nSPS) is 12.3. The van der Waals surface area contributed by atoms with Gasteiger partial charge < -0.3 is 14.2 Å². The Balaban J connectivity index is 2.00. The highest BCUT2D eigenvalue weighted by Gasteiger charge is 2.58. The highest BCUT2D eigenvalue weighted by Crippen LogP contribution is 2.65. The first-order chi connectivity index (χ1) is 14.7. The SMILES string of the molecule is C/C(=C\C(=O)O)c1ccc(C(F)(F)P(=O)(Oc2ccccc2)Oc2ccccc2)cc1. The first-order valence-electron chi connectivity index (χ1n) is 9.21. The van der Waals surface area contributed by atoms with Crippen LogP contribution in [0.1, 0.15) is 18.1 Å². The van der Waals surface area contributed by atoms with Crippen LogP contribution < -0.4 is 9.05 Å². The van der Waals surface area contributed by atoms with Crippen LogP contribution in [-0.4, -0.2) is 11.1 Å². The number of hydrogen-bond donors (Lipinski definition) is 1. The van der Waals surface area contributed by atoms with E-state index in [0.29, 0.717) is 11.1 Å². The summed E-state index contributed by atoms with van der Waals surface area (Å²) in [5, 5.41) is 8.85. The molecule has 0 atom stereocenters. The first-order valence-corrected chi connectivity index (χ1v) is 10.7. The van der Waals surface area contributed by atoms with Crippen LogP contribution in [0.4, 0.5) is 8.78 Å².